The van der Waals surface area contributed by atoms with Gasteiger partial charge in [-0.25, -0.2) is 0 Å². The van der Waals surface area contributed by atoms with Crippen LogP contribution in [0.2, 0.25) is 0 Å². The molecule has 126 valence electrons. The molecular weight excluding hydrogens is 306 g/mol. The zero-order valence-corrected chi connectivity index (χ0v) is 15.1. The lowest BCUT2D eigenvalue weighted by atomic mass is 10.2. The Morgan fingerprint density at radius 3 is 2.61 bits per heavy atom. The molecule has 4 heteroatoms. The molecule has 2 rings (SSSR count). The van der Waals surface area contributed by atoms with Crippen LogP contribution in [0.15, 0.2) is 41.1 Å². The first-order chi connectivity index (χ1) is 11.0. The van der Waals surface area contributed by atoms with Crippen molar-refractivity contribution in [3.05, 3.63) is 52.2 Å². The summed E-state index contributed by atoms with van der Waals surface area (Å²) in [4.78, 5) is 2.30. The molecule has 0 bridgehead atoms. The summed E-state index contributed by atoms with van der Waals surface area (Å²) in [5, 5.41) is 14.6. The zero-order chi connectivity index (χ0) is 16.7. The van der Waals surface area contributed by atoms with Gasteiger partial charge in [-0.2, -0.15) is 11.3 Å². The van der Waals surface area contributed by atoms with Gasteiger partial charge < -0.3 is 9.84 Å². The van der Waals surface area contributed by atoms with Crippen LogP contribution >= 0.6 is 11.3 Å². The Balaban J connectivity index is 1.86. The van der Waals surface area contributed by atoms with Crippen molar-refractivity contribution in [1.29, 1.82) is 0 Å². The summed E-state index contributed by atoms with van der Waals surface area (Å²) in [7, 11) is 0. The van der Waals surface area contributed by atoms with Crippen molar-refractivity contribution in [2.75, 3.05) is 19.7 Å². The van der Waals surface area contributed by atoms with Gasteiger partial charge in [0, 0.05) is 19.6 Å². The Hall–Kier alpha value is -1.36. The molecule has 0 aliphatic heterocycles. The summed E-state index contributed by atoms with van der Waals surface area (Å²) < 4.78 is 5.77. The smallest absolute Gasteiger partial charge is 0.122 e. The van der Waals surface area contributed by atoms with Crippen molar-refractivity contribution in [2.24, 2.45) is 5.92 Å². The van der Waals surface area contributed by atoms with E-state index in [0.717, 1.165) is 24.4 Å². The molecule has 1 unspecified atom stereocenters. The molecule has 0 saturated heterocycles. The van der Waals surface area contributed by atoms with Gasteiger partial charge in [0.25, 0.3) is 0 Å². The molecule has 1 heterocycles. The topological polar surface area (TPSA) is 32.7 Å². The van der Waals surface area contributed by atoms with E-state index in [1.807, 2.05) is 31.2 Å². The van der Waals surface area contributed by atoms with Crippen LogP contribution in [0.3, 0.4) is 0 Å². The third-order valence-electron chi connectivity index (χ3n) is 3.60. The van der Waals surface area contributed by atoms with Crippen LogP contribution in [0.1, 0.15) is 25.0 Å². The number of benzene rings is 1. The van der Waals surface area contributed by atoms with Crippen LogP contribution in [0.4, 0.5) is 0 Å². The summed E-state index contributed by atoms with van der Waals surface area (Å²) in [6.45, 7) is 9.22. The van der Waals surface area contributed by atoms with Gasteiger partial charge in [0.1, 0.15) is 18.5 Å². The Labute approximate surface area is 143 Å². The van der Waals surface area contributed by atoms with Crippen LogP contribution < -0.4 is 4.74 Å². The fourth-order valence-corrected chi connectivity index (χ4v) is 3.28. The minimum absolute atomic E-state index is 0.323. The van der Waals surface area contributed by atoms with Gasteiger partial charge in [-0.15, -0.1) is 0 Å². The quantitative estimate of drug-likeness (QED) is 0.754. The zero-order valence-electron chi connectivity index (χ0n) is 14.2. The average molecular weight is 333 g/mol. The van der Waals surface area contributed by atoms with E-state index in [1.54, 1.807) is 11.3 Å². The third-order valence-corrected chi connectivity index (χ3v) is 4.34. The number of nitrogens with zero attached hydrogens (tertiary/aromatic N) is 1. The van der Waals surface area contributed by atoms with Gasteiger partial charge in [-0.05, 0) is 46.9 Å². The molecule has 23 heavy (non-hydrogen) atoms. The van der Waals surface area contributed by atoms with Gasteiger partial charge in [0.05, 0.1) is 0 Å². The van der Waals surface area contributed by atoms with Gasteiger partial charge in [0.2, 0.25) is 0 Å². The van der Waals surface area contributed by atoms with Crippen molar-refractivity contribution >= 4 is 11.3 Å². The van der Waals surface area contributed by atoms with Crippen molar-refractivity contribution in [1.82, 2.24) is 4.90 Å². The van der Waals surface area contributed by atoms with Crippen LogP contribution in [-0.4, -0.2) is 35.8 Å². The van der Waals surface area contributed by atoms with Crippen molar-refractivity contribution in [3.8, 4) is 5.75 Å². The summed E-state index contributed by atoms with van der Waals surface area (Å²) in [5.74, 6) is 1.41. The SMILES string of the molecule is Cc1ccccc1OCC(O)CN(Cc1ccsc1)CC(C)C. The fourth-order valence-electron chi connectivity index (χ4n) is 2.62. The number of thiophene rings is 1. The number of para-hydroxylation sites is 1. The van der Waals surface area contributed by atoms with E-state index in [1.165, 1.54) is 5.56 Å². The lowest BCUT2D eigenvalue weighted by Crippen LogP contribution is -2.37. The first kappa shape index (κ1) is 18.0. The molecule has 0 saturated carbocycles. The molecule has 0 aliphatic carbocycles. The van der Waals surface area contributed by atoms with Crippen LogP contribution in [0, 0.1) is 12.8 Å². The first-order valence-corrected chi connectivity index (χ1v) is 9.08. The highest BCUT2D eigenvalue weighted by atomic mass is 32.1. The van der Waals surface area contributed by atoms with Crippen LogP contribution in [-0.2, 0) is 6.54 Å². The highest BCUT2D eigenvalue weighted by molar-refractivity contribution is 7.07. The summed E-state index contributed by atoms with van der Waals surface area (Å²) in [6, 6.07) is 10.1. The monoisotopic (exact) mass is 333 g/mol. The minimum atomic E-state index is -0.494. The maximum atomic E-state index is 10.3. The van der Waals surface area contributed by atoms with E-state index >= 15 is 0 Å². The fraction of sp³-hybridized carbons (Fsp3) is 0.474. The van der Waals surface area contributed by atoms with E-state index in [-0.39, 0.29) is 0 Å². The van der Waals surface area contributed by atoms with Crippen molar-refractivity contribution in [2.45, 2.75) is 33.4 Å². The standard InChI is InChI=1S/C19H27NO2S/c1-15(2)10-20(11-17-8-9-23-14-17)12-18(21)13-22-19-7-5-4-6-16(19)3/h4-9,14-15,18,21H,10-13H2,1-3H3. The Morgan fingerprint density at radius 1 is 1.17 bits per heavy atom. The highest BCUT2D eigenvalue weighted by Crippen LogP contribution is 2.17. The largest absolute Gasteiger partial charge is 0.491 e. The van der Waals surface area contributed by atoms with Gasteiger partial charge in [-0.3, -0.25) is 4.90 Å². The van der Waals surface area contributed by atoms with Gasteiger partial charge in [-0.1, -0.05) is 32.0 Å². The molecular formula is C19H27NO2S. The van der Waals surface area contributed by atoms with Crippen LogP contribution in [0.25, 0.3) is 0 Å². The molecule has 0 spiro atoms. The molecule has 1 N–H and O–H groups in total. The van der Waals surface area contributed by atoms with E-state index in [9.17, 15) is 5.11 Å². The number of hydrogen-bond donors (Lipinski definition) is 1. The number of aliphatic hydroxyl groups excluding tert-OH is 1. The van der Waals surface area contributed by atoms with Gasteiger partial charge in [0.15, 0.2) is 0 Å². The molecule has 3 nitrogen and oxygen atoms in total. The molecule has 1 aromatic carbocycles. The maximum Gasteiger partial charge on any atom is 0.122 e. The summed E-state index contributed by atoms with van der Waals surface area (Å²) >= 11 is 1.71. The molecule has 1 aromatic heterocycles. The lowest BCUT2D eigenvalue weighted by Gasteiger charge is -2.26. The predicted octanol–water partition coefficient (Wildman–Crippen LogP) is 3.95. The molecule has 0 aliphatic rings. The van der Waals surface area contributed by atoms with E-state index < -0.39 is 6.10 Å². The van der Waals surface area contributed by atoms with Crippen molar-refractivity contribution < 1.29 is 9.84 Å². The second-order valence-corrected chi connectivity index (χ2v) is 7.23. The molecule has 0 radical (unpaired) electrons. The maximum absolute atomic E-state index is 10.3. The highest BCUT2D eigenvalue weighted by Gasteiger charge is 2.15. The van der Waals surface area contributed by atoms with E-state index in [2.05, 4.69) is 35.6 Å². The third kappa shape index (κ3) is 6.34. The lowest BCUT2D eigenvalue weighted by molar-refractivity contribution is 0.0613. The average Bonchev–Trinajstić information content (AvgIpc) is 2.98. The van der Waals surface area contributed by atoms with Gasteiger partial charge >= 0.3 is 0 Å². The van der Waals surface area contributed by atoms with Crippen LogP contribution in [0.5, 0.6) is 5.75 Å². The number of aryl methyl sites for hydroxylation is 1. The number of hydrogen-bond acceptors (Lipinski definition) is 4. The molecule has 1 atom stereocenters. The number of rotatable bonds is 9. The second kappa shape index (κ2) is 9.06. The minimum Gasteiger partial charge on any atom is -0.491 e. The van der Waals surface area contributed by atoms with Crippen molar-refractivity contribution in [3.63, 3.8) is 0 Å². The predicted molar refractivity (Wildman–Crippen MR) is 97.1 cm³/mol. The molecule has 0 amide bonds. The number of aliphatic hydroxyl groups is 1. The number of ether oxygens (including phenoxy) is 1. The summed E-state index contributed by atoms with van der Waals surface area (Å²) in [5.41, 5.74) is 2.40. The Kier molecular flexibility index (Phi) is 7.09. The van der Waals surface area contributed by atoms with E-state index in [0.29, 0.717) is 19.1 Å². The molecule has 2 aromatic rings. The summed E-state index contributed by atoms with van der Waals surface area (Å²) in [6.07, 6.45) is -0.494. The first-order valence-electron chi connectivity index (χ1n) is 8.14. The Morgan fingerprint density at radius 2 is 1.96 bits per heavy atom. The normalized spacial score (nSPS) is 12.8. The Bertz CT molecular complexity index is 569. The molecule has 0 fully saturated rings. The second-order valence-electron chi connectivity index (χ2n) is 6.45. The van der Waals surface area contributed by atoms with E-state index in [4.69, 9.17) is 4.74 Å².